The molecule has 1 unspecified atom stereocenters. The molecule has 0 aliphatic carbocycles. The first kappa shape index (κ1) is 11.4. The van der Waals surface area contributed by atoms with E-state index in [0.717, 1.165) is 0 Å². The van der Waals surface area contributed by atoms with Crippen molar-refractivity contribution >= 4 is 23.2 Å². The summed E-state index contributed by atoms with van der Waals surface area (Å²) in [6.45, 7) is 0.781. The molecule has 0 saturated carbocycles. The Bertz CT molecular complexity index is 247. The van der Waals surface area contributed by atoms with Crippen molar-refractivity contribution in [3.05, 3.63) is 0 Å². The molecule has 5 nitrogen and oxygen atoms in total. The van der Waals surface area contributed by atoms with Crippen LogP contribution < -0.4 is 5.32 Å². The molecule has 3 N–H and O–H groups in total. The molecule has 1 saturated heterocycles. The lowest BCUT2D eigenvalue weighted by Crippen LogP contribution is -2.43. The number of carboxylic acid groups (broad SMARTS) is 1. The van der Waals surface area contributed by atoms with Crippen molar-refractivity contribution in [2.24, 2.45) is 0 Å². The van der Waals surface area contributed by atoms with Crippen LogP contribution in [0.5, 0.6) is 0 Å². The SMILES string of the molecule is CNCC(=S)N1CC(O)C[C@H]1C(=O)O. The van der Waals surface area contributed by atoms with Gasteiger partial charge in [0.25, 0.3) is 0 Å². The quantitative estimate of drug-likeness (QED) is 0.531. The summed E-state index contributed by atoms with van der Waals surface area (Å²) in [5.74, 6) is -0.931. The molecule has 0 radical (unpaired) electrons. The van der Waals surface area contributed by atoms with Crippen molar-refractivity contribution in [3.8, 4) is 0 Å². The topological polar surface area (TPSA) is 72.8 Å². The van der Waals surface area contributed by atoms with Crippen molar-refractivity contribution in [2.75, 3.05) is 20.1 Å². The number of likely N-dealkylation sites (N-methyl/N-ethyl adjacent to an activating group) is 1. The average Bonchev–Trinajstić information content (AvgIpc) is 2.48. The number of nitrogens with one attached hydrogen (secondary N) is 1. The number of thiocarbonyl (C=S) groups is 1. The smallest absolute Gasteiger partial charge is 0.326 e. The Labute approximate surface area is 87.7 Å². The summed E-state index contributed by atoms with van der Waals surface area (Å²) < 4.78 is 0. The molecule has 0 aromatic rings. The first-order chi connectivity index (χ1) is 6.56. The van der Waals surface area contributed by atoms with Gasteiger partial charge < -0.3 is 20.4 Å². The molecular formula is C8H14N2O3S. The van der Waals surface area contributed by atoms with Gasteiger partial charge in [0, 0.05) is 19.5 Å². The van der Waals surface area contributed by atoms with E-state index in [1.165, 1.54) is 0 Å². The Kier molecular flexibility index (Phi) is 3.79. The number of hydrogen-bond donors (Lipinski definition) is 3. The number of aliphatic hydroxyl groups excluding tert-OH is 1. The van der Waals surface area contributed by atoms with Crippen LogP contribution in [0.1, 0.15) is 6.42 Å². The molecule has 0 amide bonds. The predicted molar refractivity (Wildman–Crippen MR) is 55.3 cm³/mol. The van der Waals surface area contributed by atoms with Gasteiger partial charge in [-0.25, -0.2) is 4.79 Å². The zero-order valence-corrected chi connectivity index (χ0v) is 8.75. The number of nitrogens with zero attached hydrogens (tertiary/aromatic N) is 1. The summed E-state index contributed by atoms with van der Waals surface area (Å²) in [5, 5.41) is 21.1. The van der Waals surface area contributed by atoms with Crippen LogP contribution in [0.3, 0.4) is 0 Å². The molecule has 0 aromatic heterocycles. The van der Waals surface area contributed by atoms with Crippen molar-refractivity contribution in [2.45, 2.75) is 18.6 Å². The Morgan fingerprint density at radius 1 is 1.71 bits per heavy atom. The maximum atomic E-state index is 10.8. The third-order valence-electron chi connectivity index (χ3n) is 2.21. The summed E-state index contributed by atoms with van der Waals surface area (Å²) in [6, 6.07) is -0.675. The number of aliphatic carboxylic acids is 1. The van der Waals surface area contributed by atoms with Crippen molar-refractivity contribution in [1.82, 2.24) is 10.2 Å². The standard InChI is InChI=1S/C8H14N2O3S/c1-9-3-7(14)10-4-5(11)2-6(10)8(12)13/h5-6,9,11H,2-4H2,1H3,(H,12,13)/t5?,6-/m0/s1. The molecule has 6 heteroatoms. The van der Waals surface area contributed by atoms with Crippen molar-refractivity contribution < 1.29 is 15.0 Å². The number of hydrogen-bond acceptors (Lipinski definition) is 4. The van der Waals surface area contributed by atoms with E-state index < -0.39 is 18.1 Å². The third-order valence-corrected chi connectivity index (χ3v) is 2.59. The van der Waals surface area contributed by atoms with Gasteiger partial charge in [-0.1, -0.05) is 12.2 Å². The van der Waals surface area contributed by atoms with Crippen LogP contribution in [0.4, 0.5) is 0 Å². The van der Waals surface area contributed by atoms with E-state index in [2.05, 4.69) is 5.32 Å². The zero-order valence-electron chi connectivity index (χ0n) is 7.93. The van der Waals surface area contributed by atoms with Gasteiger partial charge >= 0.3 is 5.97 Å². The first-order valence-corrected chi connectivity index (χ1v) is 4.82. The molecule has 14 heavy (non-hydrogen) atoms. The second kappa shape index (κ2) is 4.68. The van der Waals surface area contributed by atoms with Gasteiger partial charge in [-0.05, 0) is 7.05 Å². The molecule has 1 rings (SSSR count). The maximum absolute atomic E-state index is 10.8. The van der Waals surface area contributed by atoms with Gasteiger partial charge in [0.1, 0.15) is 6.04 Å². The summed E-state index contributed by atoms with van der Waals surface area (Å²) in [4.78, 5) is 12.9. The van der Waals surface area contributed by atoms with Gasteiger partial charge in [-0.2, -0.15) is 0 Å². The van der Waals surface area contributed by atoms with Crippen molar-refractivity contribution in [3.63, 3.8) is 0 Å². The molecule has 1 aliphatic rings. The molecule has 80 valence electrons. The second-order valence-corrected chi connectivity index (χ2v) is 3.79. The lowest BCUT2D eigenvalue weighted by molar-refractivity contribution is -0.141. The van der Waals surface area contributed by atoms with Gasteiger partial charge in [0.15, 0.2) is 0 Å². The van der Waals surface area contributed by atoms with Gasteiger partial charge in [0.2, 0.25) is 0 Å². The van der Waals surface area contributed by atoms with Crippen LogP contribution in [0.25, 0.3) is 0 Å². The Balaban J connectivity index is 2.66. The van der Waals surface area contributed by atoms with E-state index in [4.69, 9.17) is 17.3 Å². The first-order valence-electron chi connectivity index (χ1n) is 4.41. The lowest BCUT2D eigenvalue weighted by Gasteiger charge is -2.23. The minimum absolute atomic E-state index is 0.249. The highest BCUT2D eigenvalue weighted by Crippen LogP contribution is 2.18. The normalized spacial score (nSPS) is 26.6. The zero-order chi connectivity index (χ0) is 10.7. The molecule has 0 aromatic carbocycles. The molecule has 1 aliphatic heterocycles. The van der Waals surface area contributed by atoms with Gasteiger partial charge in [0.05, 0.1) is 11.1 Å². The fraction of sp³-hybridized carbons (Fsp3) is 0.750. The number of likely N-dealkylation sites (tertiary alicyclic amines) is 1. The van der Waals surface area contributed by atoms with Crippen LogP contribution in [0, 0.1) is 0 Å². The maximum Gasteiger partial charge on any atom is 0.326 e. The van der Waals surface area contributed by atoms with Crippen LogP contribution in [0.15, 0.2) is 0 Å². The lowest BCUT2D eigenvalue weighted by atomic mass is 10.2. The number of aliphatic hydroxyl groups is 1. The Hall–Kier alpha value is -0.720. The van der Waals surface area contributed by atoms with Crippen LogP contribution in [0.2, 0.25) is 0 Å². The van der Waals surface area contributed by atoms with Crippen LogP contribution in [-0.2, 0) is 4.79 Å². The highest BCUT2D eigenvalue weighted by Gasteiger charge is 2.36. The van der Waals surface area contributed by atoms with E-state index in [1.807, 2.05) is 0 Å². The van der Waals surface area contributed by atoms with Gasteiger partial charge in [-0.3, -0.25) is 0 Å². The molecule has 2 atom stereocenters. The van der Waals surface area contributed by atoms with E-state index in [1.54, 1.807) is 11.9 Å². The summed E-state index contributed by atoms with van der Waals surface area (Å²) in [7, 11) is 1.74. The molecule has 1 heterocycles. The van der Waals surface area contributed by atoms with E-state index in [9.17, 15) is 9.90 Å². The minimum Gasteiger partial charge on any atom is -0.480 e. The number of carboxylic acids is 1. The highest BCUT2D eigenvalue weighted by molar-refractivity contribution is 7.80. The predicted octanol–water partition coefficient (Wildman–Crippen LogP) is -0.947. The molecular weight excluding hydrogens is 204 g/mol. The molecule has 0 bridgehead atoms. The van der Waals surface area contributed by atoms with E-state index >= 15 is 0 Å². The van der Waals surface area contributed by atoms with E-state index in [0.29, 0.717) is 18.1 Å². The monoisotopic (exact) mass is 218 g/mol. The fourth-order valence-corrected chi connectivity index (χ4v) is 1.92. The summed E-state index contributed by atoms with van der Waals surface area (Å²) >= 11 is 5.05. The van der Waals surface area contributed by atoms with Crippen molar-refractivity contribution in [1.29, 1.82) is 0 Å². The van der Waals surface area contributed by atoms with E-state index in [-0.39, 0.29) is 6.42 Å². The summed E-state index contributed by atoms with van der Waals surface area (Å²) in [5.41, 5.74) is 0. The minimum atomic E-state index is -0.931. The largest absolute Gasteiger partial charge is 0.480 e. The molecule has 1 fully saturated rings. The number of β-amino-alcohol motifs (C(OH)–C–C–N with tert-alkyl or cyclic N) is 1. The van der Waals surface area contributed by atoms with Crippen LogP contribution in [-0.4, -0.2) is 58.4 Å². The number of carbonyl (C=O) groups is 1. The highest BCUT2D eigenvalue weighted by atomic mass is 32.1. The second-order valence-electron chi connectivity index (χ2n) is 3.32. The average molecular weight is 218 g/mol. The fourth-order valence-electron chi connectivity index (χ4n) is 1.58. The Morgan fingerprint density at radius 3 is 2.86 bits per heavy atom. The Morgan fingerprint density at radius 2 is 2.36 bits per heavy atom. The van der Waals surface area contributed by atoms with Crippen LogP contribution >= 0.6 is 12.2 Å². The van der Waals surface area contributed by atoms with Gasteiger partial charge in [-0.15, -0.1) is 0 Å². The number of rotatable bonds is 3. The summed E-state index contributed by atoms with van der Waals surface area (Å²) in [6.07, 6.45) is -0.343. The molecule has 0 spiro atoms. The third kappa shape index (κ3) is 2.40.